The van der Waals surface area contributed by atoms with Gasteiger partial charge >= 0.3 is 0 Å². The van der Waals surface area contributed by atoms with E-state index in [1.54, 1.807) is 29.5 Å². The standard InChI is InChI=1S/C18H21N9O2/c19-17-18(24-15(7-22-17)13-5-23-25(10-13)3-4-28)27(20)9-12-1-2-16-21-6-14(11-29)26(16)8-12/h1-2,5-8,10,28-29H,3-4,9,11,20H2,(H2,19,22). The first-order valence-corrected chi connectivity index (χ1v) is 8.93. The van der Waals surface area contributed by atoms with E-state index in [1.165, 1.54) is 5.01 Å². The number of nitrogens with zero attached hydrogens (tertiary/aromatic N) is 7. The Bertz CT molecular complexity index is 1140. The van der Waals surface area contributed by atoms with Crippen LogP contribution in [0.2, 0.25) is 0 Å². The molecule has 0 spiro atoms. The summed E-state index contributed by atoms with van der Waals surface area (Å²) in [6, 6.07) is 3.75. The second-order valence-electron chi connectivity index (χ2n) is 6.48. The predicted molar refractivity (Wildman–Crippen MR) is 106 cm³/mol. The van der Waals surface area contributed by atoms with Gasteiger partial charge in [-0.25, -0.2) is 20.8 Å². The highest BCUT2D eigenvalue weighted by atomic mass is 16.3. The molecule has 4 aromatic rings. The lowest BCUT2D eigenvalue weighted by Gasteiger charge is -2.19. The lowest BCUT2D eigenvalue weighted by molar-refractivity contribution is 0.269. The smallest absolute Gasteiger partial charge is 0.186 e. The fraction of sp³-hybridized carbons (Fsp3) is 0.222. The molecule has 6 N–H and O–H groups in total. The molecule has 4 heterocycles. The highest BCUT2D eigenvalue weighted by molar-refractivity contribution is 5.65. The van der Waals surface area contributed by atoms with Crippen LogP contribution in [0.1, 0.15) is 11.3 Å². The second kappa shape index (κ2) is 7.83. The molecule has 0 atom stereocenters. The molecule has 11 nitrogen and oxygen atoms in total. The third-order valence-electron chi connectivity index (χ3n) is 4.47. The highest BCUT2D eigenvalue weighted by Gasteiger charge is 2.14. The number of hydrogen-bond acceptors (Lipinski definition) is 9. The van der Waals surface area contributed by atoms with Crippen molar-refractivity contribution in [3.05, 3.63) is 54.4 Å². The van der Waals surface area contributed by atoms with E-state index in [9.17, 15) is 5.11 Å². The molecule has 0 aliphatic carbocycles. The number of hydrazine groups is 1. The summed E-state index contributed by atoms with van der Waals surface area (Å²) in [5, 5.41) is 24.1. The van der Waals surface area contributed by atoms with Crippen molar-refractivity contribution in [3.63, 3.8) is 0 Å². The molecule has 4 rings (SSSR count). The summed E-state index contributed by atoms with van der Waals surface area (Å²) in [5.74, 6) is 6.79. The van der Waals surface area contributed by atoms with Crippen LogP contribution in [-0.2, 0) is 19.7 Å². The van der Waals surface area contributed by atoms with Gasteiger partial charge in [0, 0.05) is 18.0 Å². The quantitative estimate of drug-likeness (QED) is 0.248. The molecule has 4 aromatic heterocycles. The molecule has 0 saturated heterocycles. The number of fused-ring (bicyclic) bond motifs is 1. The lowest BCUT2D eigenvalue weighted by atomic mass is 10.2. The van der Waals surface area contributed by atoms with Crippen LogP contribution in [0, 0.1) is 0 Å². The van der Waals surface area contributed by atoms with Gasteiger partial charge in [0.25, 0.3) is 0 Å². The molecule has 0 radical (unpaired) electrons. The van der Waals surface area contributed by atoms with Gasteiger partial charge in [-0.1, -0.05) is 6.07 Å². The monoisotopic (exact) mass is 395 g/mol. The normalized spacial score (nSPS) is 11.3. The molecule has 0 amide bonds. The third-order valence-corrected chi connectivity index (χ3v) is 4.47. The van der Waals surface area contributed by atoms with Crippen molar-refractivity contribution in [2.24, 2.45) is 5.84 Å². The van der Waals surface area contributed by atoms with Crippen molar-refractivity contribution in [2.75, 3.05) is 17.3 Å². The van der Waals surface area contributed by atoms with Crippen LogP contribution in [0.15, 0.2) is 43.1 Å². The average molecular weight is 395 g/mol. The SMILES string of the molecule is Nc1ncc(-c2cnn(CCO)c2)nc1N(N)Cc1ccc2ncc(CO)n2c1. The van der Waals surface area contributed by atoms with Crippen LogP contribution in [0.3, 0.4) is 0 Å². The molecular formula is C18H21N9O2. The van der Waals surface area contributed by atoms with E-state index in [2.05, 4.69) is 20.1 Å². The number of nitrogens with two attached hydrogens (primary N) is 2. The first-order chi connectivity index (χ1) is 14.1. The Labute approximate surface area is 165 Å². The number of imidazole rings is 1. The number of aromatic nitrogens is 6. The summed E-state index contributed by atoms with van der Waals surface area (Å²) in [6.45, 7) is 0.604. The van der Waals surface area contributed by atoms with E-state index < -0.39 is 0 Å². The van der Waals surface area contributed by atoms with Crippen LogP contribution in [0.25, 0.3) is 16.9 Å². The molecular weight excluding hydrogens is 374 g/mol. The lowest BCUT2D eigenvalue weighted by Crippen LogP contribution is -2.32. The first kappa shape index (κ1) is 18.8. The largest absolute Gasteiger partial charge is 0.394 e. The number of aliphatic hydroxyl groups is 2. The molecule has 29 heavy (non-hydrogen) atoms. The van der Waals surface area contributed by atoms with E-state index in [1.807, 2.05) is 22.7 Å². The summed E-state index contributed by atoms with van der Waals surface area (Å²) in [4.78, 5) is 13.0. The first-order valence-electron chi connectivity index (χ1n) is 8.93. The topological polar surface area (TPSA) is 157 Å². The van der Waals surface area contributed by atoms with E-state index in [-0.39, 0.29) is 19.0 Å². The maximum absolute atomic E-state index is 9.43. The molecule has 0 aliphatic heterocycles. The fourth-order valence-electron chi connectivity index (χ4n) is 3.02. The van der Waals surface area contributed by atoms with Crippen molar-refractivity contribution in [1.29, 1.82) is 0 Å². The molecule has 0 unspecified atom stereocenters. The Morgan fingerprint density at radius 3 is 2.72 bits per heavy atom. The van der Waals surface area contributed by atoms with Gasteiger partial charge in [0.1, 0.15) is 5.65 Å². The molecule has 11 heteroatoms. The minimum atomic E-state index is -0.110. The Balaban J connectivity index is 1.60. The average Bonchev–Trinajstić information content (AvgIpc) is 3.35. The van der Waals surface area contributed by atoms with Gasteiger partial charge in [-0.2, -0.15) is 5.10 Å². The summed E-state index contributed by atoms with van der Waals surface area (Å²) in [5.41, 5.74) is 9.62. The number of aliphatic hydroxyl groups excluding tert-OH is 2. The zero-order chi connectivity index (χ0) is 20.4. The van der Waals surface area contributed by atoms with E-state index in [4.69, 9.17) is 16.7 Å². The maximum Gasteiger partial charge on any atom is 0.186 e. The van der Waals surface area contributed by atoms with Crippen LogP contribution in [0.4, 0.5) is 11.6 Å². The molecule has 0 aromatic carbocycles. The van der Waals surface area contributed by atoms with E-state index >= 15 is 0 Å². The predicted octanol–water partition coefficient (Wildman–Crippen LogP) is -0.0651. The fourth-order valence-corrected chi connectivity index (χ4v) is 3.02. The van der Waals surface area contributed by atoms with Crippen LogP contribution in [0.5, 0.6) is 0 Å². The van der Waals surface area contributed by atoms with Gasteiger partial charge in [0.2, 0.25) is 0 Å². The van der Waals surface area contributed by atoms with Crippen molar-refractivity contribution in [2.45, 2.75) is 19.7 Å². The van der Waals surface area contributed by atoms with Crippen LogP contribution < -0.4 is 16.6 Å². The van der Waals surface area contributed by atoms with E-state index in [0.29, 0.717) is 30.3 Å². The summed E-state index contributed by atoms with van der Waals surface area (Å²) >= 11 is 0. The molecule has 0 aliphatic rings. The number of nitrogen functional groups attached to an aromatic ring is 1. The maximum atomic E-state index is 9.43. The molecule has 150 valence electrons. The van der Waals surface area contributed by atoms with Gasteiger partial charge in [0.15, 0.2) is 11.6 Å². The van der Waals surface area contributed by atoms with Crippen molar-refractivity contribution < 1.29 is 10.2 Å². The number of rotatable bonds is 7. The summed E-state index contributed by atoms with van der Waals surface area (Å²) in [7, 11) is 0. The molecule has 0 saturated carbocycles. The third kappa shape index (κ3) is 3.74. The van der Waals surface area contributed by atoms with Crippen LogP contribution >= 0.6 is 0 Å². The molecule has 0 bridgehead atoms. The Kier molecular flexibility index (Phi) is 5.08. The zero-order valence-electron chi connectivity index (χ0n) is 15.5. The highest BCUT2D eigenvalue weighted by Crippen LogP contribution is 2.23. The van der Waals surface area contributed by atoms with Crippen LogP contribution in [-0.4, -0.2) is 46.0 Å². The number of hydrogen-bond donors (Lipinski definition) is 4. The molecule has 0 fully saturated rings. The van der Waals surface area contributed by atoms with Gasteiger partial charge in [-0.05, 0) is 11.6 Å². The Hall–Kier alpha value is -3.54. The van der Waals surface area contributed by atoms with Gasteiger partial charge < -0.3 is 20.3 Å². The Morgan fingerprint density at radius 1 is 1.07 bits per heavy atom. The summed E-state index contributed by atoms with van der Waals surface area (Å²) < 4.78 is 3.43. The Morgan fingerprint density at radius 2 is 1.93 bits per heavy atom. The van der Waals surface area contributed by atoms with Gasteiger partial charge in [-0.3, -0.25) is 9.69 Å². The van der Waals surface area contributed by atoms with Gasteiger partial charge in [-0.15, -0.1) is 0 Å². The van der Waals surface area contributed by atoms with Crippen molar-refractivity contribution in [3.8, 4) is 11.3 Å². The van der Waals surface area contributed by atoms with Crippen molar-refractivity contribution >= 4 is 17.3 Å². The second-order valence-corrected chi connectivity index (χ2v) is 6.48. The number of anilines is 2. The van der Waals surface area contributed by atoms with Gasteiger partial charge in [0.05, 0.1) is 56.3 Å². The van der Waals surface area contributed by atoms with E-state index in [0.717, 1.165) is 16.8 Å². The minimum Gasteiger partial charge on any atom is -0.394 e. The number of pyridine rings is 1. The minimum absolute atomic E-state index is 0.00435. The zero-order valence-corrected chi connectivity index (χ0v) is 15.5. The van der Waals surface area contributed by atoms with Crippen molar-refractivity contribution in [1.82, 2.24) is 29.1 Å². The summed E-state index contributed by atoms with van der Waals surface area (Å²) in [6.07, 6.45) is 8.45.